The average Bonchev–Trinajstić information content (AvgIpc) is 3.22. The minimum Gasteiger partial charge on any atom is -0.485 e. The van der Waals surface area contributed by atoms with Crippen molar-refractivity contribution >= 4 is 23.4 Å². The van der Waals surface area contributed by atoms with Crippen LogP contribution in [0.2, 0.25) is 5.02 Å². The van der Waals surface area contributed by atoms with E-state index in [1.807, 2.05) is 6.07 Å². The molecule has 8 nitrogen and oxygen atoms in total. The normalized spacial score (nSPS) is 15.0. The molecule has 0 aliphatic carbocycles. The molecule has 142 valence electrons. The number of hydrogen-bond acceptors (Lipinski definition) is 5. The Labute approximate surface area is 165 Å². The Kier molecular flexibility index (Phi) is 4.86. The maximum atomic E-state index is 12.2. The summed E-state index contributed by atoms with van der Waals surface area (Å²) >= 11 is 5.96. The molecule has 1 aromatic heterocycles. The maximum absolute atomic E-state index is 12.2. The second-order valence-corrected chi connectivity index (χ2v) is 6.37. The Balaban J connectivity index is 1.35. The number of carbonyl (C=O) groups is 2. The molecule has 0 saturated heterocycles. The lowest BCUT2D eigenvalue weighted by Crippen LogP contribution is -2.50. The third-order valence-electron chi connectivity index (χ3n) is 3.99. The molecule has 1 aliphatic heterocycles. The SMILES string of the molecule is O=C(NNC(=O)[C@H]1COc2ccccc2O1)c1ccn(-c2cccc(Cl)c2)n1. The Morgan fingerprint density at radius 1 is 1.07 bits per heavy atom. The summed E-state index contributed by atoms with van der Waals surface area (Å²) in [6, 6.07) is 15.6. The van der Waals surface area contributed by atoms with E-state index in [0.717, 1.165) is 0 Å². The highest BCUT2D eigenvalue weighted by Gasteiger charge is 2.27. The molecule has 1 aliphatic rings. The van der Waals surface area contributed by atoms with Crippen LogP contribution in [0, 0.1) is 0 Å². The van der Waals surface area contributed by atoms with Crippen LogP contribution in [0.5, 0.6) is 11.5 Å². The van der Waals surface area contributed by atoms with Gasteiger partial charge in [0.2, 0.25) is 6.10 Å². The summed E-state index contributed by atoms with van der Waals surface area (Å²) < 4.78 is 12.6. The van der Waals surface area contributed by atoms with Crippen molar-refractivity contribution in [2.24, 2.45) is 0 Å². The molecule has 2 amide bonds. The van der Waals surface area contributed by atoms with E-state index in [-0.39, 0.29) is 12.3 Å². The fraction of sp³-hybridized carbons (Fsp3) is 0.105. The molecular formula is C19H15ClN4O4. The number of para-hydroxylation sites is 2. The number of nitrogens with zero attached hydrogens (tertiary/aromatic N) is 2. The van der Waals surface area contributed by atoms with Crippen LogP contribution >= 0.6 is 11.6 Å². The second kappa shape index (κ2) is 7.61. The summed E-state index contributed by atoms with van der Waals surface area (Å²) in [7, 11) is 0. The number of rotatable bonds is 3. The second-order valence-electron chi connectivity index (χ2n) is 5.93. The van der Waals surface area contributed by atoms with Gasteiger partial charge in [-0.25, -0.2) is 4.68 Å². The molecule has 2 N–H and O–H groups in total. The molecular weight excluding hydrogens is 384 g/mol. The molecule has 0 unspecified atom stereocenters. The minimum absolute atomic E-state index is 0.0438. The summed E-state index contributed by atoms with van der Waals surface area (Å²) in [5, 5.41) is 4.74. The van der Waals surface area contributed by atoms with Gasteiger partial charge in [-0.2, -0.15) is 5.10 Å². The molecule has 4 rings (SSSR count). The fourth-order valence-corrected chi connectivity index (χ4v) is 2.80. The predicted molar refractivity (Wildman–Crippen MR) is 101 cm³/mol. The van der Waals surface area contributed by atoms with Gasteiger partial charge in [-0.1, -0.05) is 29.8 Å². The van der Waals surface area contributed by atoms with E-state index in [4.69, 9.17) is 21.1 Å². The van der Waals surface area contributed by atoms with Crippen LogP contribution in [0.15, 0.2) is 60.8 Å². The maximum Gasteiger partial charge on any atom is 0.290 e. The lowest BCUT2D eigenvalue weighted by molar-refractivity contribution is -0.131. The number of halogens is 1. The largest absolute Gasteiger partial charge is 0.485 e. The van der Waals surface area contributed by atoms with Crippen LogP contribution in [0.25, 0.3) is 5.69 Å². The predicted octanol–water partition coefficient (Wildman–Crippen LogP) is 2.13. The van der Waals surface area contributed by atoms with Crippen molar-refractivity contribution in [3.05, 3.63) is 71.5 Å². The summed E-state index contributed by atoms with van der Waals surface area (Å²) in [5.41, 5.74) is 5.49. The molecule has 2 heterocycles. The number of nitrogens with one attached hydrogen (secondary N) is 2. The van der Waals surface area contributed by atoms with Gasteiger partial charge in [-0.3, -0.25) is 20.4 Å². The van der Waals surface area contributed by atoms with E-state index < -0.39 is 17.9 Å². The summed E-state index contributed by atoms with van der Waals surface area (Å²) in [4.78, 5) is 24.5. The number of ether oxygens (including phenoxy) is 2. The number of fused-ring (bicyclic) bond motifs is 1. The first kappa shape index (κ1) is 17.9. The number of aromatic nitrogens is 2. The first-order chi connectivity index (χ1) is 13.6. The Morgan fingerprint density at radius 3 is 2.71 bits per heavy atom. The van der Waals surface area contributed by atoms with Gasteiger partial charge in [0.25, 0.3) is 11.8 Å². The van der Waals surface area contributed by atoms with Gasteiger partial charge in [0.15, 0.2) is 17.2 Å². The van der Waals surface area contributed by atoms with Crippen molar-refractivity contribution in [1.29, 1.82) is 0 Å². The van der Waals surface area contributed by atoms with Crippen LogP contribution < -0.4 is 20.3 Å². The first-order valence-corrected chi connectivity index (χ1v) is 8.78. The first-order valence-electron chi connectivity index (χ1n) is 8.40. The van der Waals surface area contributed by atoms with Crippen molar-refractivity contribution in [2.75, 3.05) is 6.61 Å². The van der Waals surface area contributed by atoms with Crippen LogP contribution in [0.1, 0.15) is 10.5 Å². The lowest BCUT2D eigenvalue weighted by Gasteiger charge is -2.25. The quantitative estimate of drug-likeness (QED) is 0.659. The standard InChI is InChI=1S/C19H15ClN4O4/c20-12-4-3-5-13(10-12)24-9-8-14(23-24)18(25)21-22-19(26)17-11-27-15-6-1-2-7-16(15)28-17/h1-10,17H,11H2,(H,21,25)(H,22,26)/t17-/m1/s1. The van der Waals surface area contributed by atoms with E-state index in [0.29, 0.717) is 22.2 Å². The number of carbonyl (C=O) groups excluding carboxylic acids is 2. The molecule has 0 radical (unpaired) electrons. The van der Waals surface area contributed by atoms with Crippen molar-refractivity contribution in [2.45, 2.75) is 6.10 Å². The van der Waals surface area contributed by atoms with Crippen LogP contribution in [-0.2, 0) is 4.79 Å². The molecule has 0 spiro atoms. The number of hydrogen-bond donors (Lipinski definition) is 2. The van der Waals surface area contributed by atoms with Crippen molar-refractivity contribution in [1.82, 2.24) is 20.6 Å². The molecule has 0 saturated carbocycles. The smallest absolute Gasteiger partial charge is 0.290 e. The number of amides is 2. The topological polar surface area (TPSA) is 94.5 Å². The lowest BCUT2D eigenvalue weighted by atomic mass is 10.2. The average molecular weight is 399 g/mol. The van der Waals surface area contributed by atoms with Gasteiger partial charge >= 0.3 is 0 Å². The minimum atomic E-state index is -0.876. The number of benzene rings is 2. The van der Waals surface area contributed by atoms with E-state index in [9.17, 15) is 9.59 Å². The van der Waals surface area contributed by atoms with Gasteiger partial charge in [0.05, 0.1) is 5.69 Å². The fourth-order valence-electron chi connectivity index (χ4n) is 2.62. The summed E-state index contributed by atoms with van der Waals surface area (Å²) in [6.07, 6.45) is 0.747. The van der Waals surface area contributed by atoms with Crippen molar-refractivity contribution in [3.63, 3.8) is 0 Å². The van der Waals surface area contributed by atoms with Crippen LogP contribution in [0.4, 0.5) is 0 Å². The highest BCUT2D eigenvalue weighted by molar-refractivity contribution is 6.30. The summed E-state index contributed by atoms with van der Waals surface area (Å²) in [6.45, 7) is 0.0438. The highest BCUT2D eigenvalue weighted by Crippen LogP contribution is 2.30. The Morgan fingerprint density at radius 2 is 1.89 bits per heavy atom. The van der Waals surface area contributed by atoms with Crippen molar-refractivity contribution in [3.8, 4) is 17.2 Å². The third-order valence-corrected chi connectivity index (χ3v) is 4.23. The van der Waals surface area contributed by atoms with Gasteiger partial charge in [-0.05, 0) is 36.4 Å². The molecule has 2 aromatic carbocycles. The zero-order valence-corrected chi connectivity index (χ0v) is 15.2. The Hall–Kier alpha value is -3.52. The molecule has 28 heavy (non-hydrogen) atoms. The van der Waals surface area contributed by atoms with Crippen LogP contribution in [-0.4, -0.2) is 34.3 Å². The van der Waals surface area contributed by atoms with Gasteiger partial charge in [-0.15, -0.1) is 0 Å². The summed E-state index contributed by atoms with van der Waals surface area (Å²) in [5.74, 6) is -0.0500. The Bertz CT molecular complexity index is 1040. The van der Waals surface area contributed by atoms with Crippen LogP contribution in [0.3, 0.4) is 0 Å². The van der Waals surface area contributed by atoms with Crippen molar-refractivity contribution < 1.29 is 19.1 Å². The highest BCUT2D eigenvalue weighted by atomic mass is 35.5. The van der Waals surface area contributed by atoms with E-state index in [2.05, 4.69) is 16.0 Å². The third kappa shape index (κ3) is 3.77. The zero-order valence-electron chi connectivity index (χ0n) is 14.5. The van der Waals surface area contributed by atoms with Gasteiger partial charge in [0.1, 0.15) is 6.61 Å². The van der Waals surface area contributed by atoms with Gasteiger partial charge in [0, 0.05) is 11.2 Å². The molecule has 9 heteroatoms. The van der Waals surface area contributed by atoms with E-state index in [1.54, 1.807) is 48.7 Å². The van der Waals surface area contributed by atoms with E-state index in [1.165, 1.54) is 10.7 Å². The monoisotopic (exact) mass is 398 g/mol. The molecule has 1 atom stereocenters. The molecule has 3 aromatic rings. The number of hydrazine groups is 1. The zero-order chi connectivity index (χ0) is 19.5. The molecule has 0 bridgehead atoms. The van der Waals surface area contributed by atoms with Gasteiger partial charge < -0.3 is 9.47 Å². The molecule has 0 fully saturated rings. The van der Waals surface area contributed by atoms with E-state index >= 15 is 0 Å².